The van der Waals surface area contributed by atoms with Crippen molar-refractivity contribution >= 4 is 70.8 Å². The van der Waals surface area contributed by atoms with Crippen LogP contribution in [-0.2, 0) is 12.3 Å². The van der Waals surface area contributed by atoms with Crippen LogP contribution in [0.25, 0.3) is 0 Å². The lowest BCUT2D eigenvalue weighted by Gasteiger charge is -2.47. The molecule has 0 saturated carbocycles. The summed E-state index contributed by atoms with van der Waals surface area (Å²) in [5.41, 5.74) is 0. The van der Waals surface area contributed by atoms with E-state index >= 15 is 0 Å². The fraction of sp³-hybridized carbons (Fsp3) is 0.0455. The molecule has 0 aliphatic carbocycles. The number of rotatable bonds is 13. The molecule has 252 valence electrons. The normalized spacial score (nSPS) is 12.1. The van der Waals surface area contributed by atoms with Crippen molar-refractivity contribution in [3.63, 3.8) is 0 Å². The van der Waals surface area contributed by atoms with Crippen LogP contribution in [0, 0.1) is 0 Å². The number of hydrogen-bond acceptors (Lipinski definition) is 3. The minimum Gasteiger partial charge on any atom is -0.433 e. The molecule has 0 amide bonds. The molecule has 7 heteroatoms. The molecule has 0 bridgehead atoms. The Morgan fingerprint density at radius 3 is 0.784 bits per heavy atom. The zero-order valence-electron chi connectivity index (χ0n) is 29.0. The van der Waals surface area contributed by atoms with E-state index in [0.29, 0.717) is 0 Å². The lowest BCUT2D eigenvalue weighted by Crippen LogP contribution is -2.82. The van der Waals surface area contributed by atoms with Crippen LogP contribution in [0.5, 0.6) is 0 Å². The van der Waals surface area contributed by atoms with Crippen molar-refractivity contribution in [3.8, 4) is 0 Å². The predicted octanol–water partition coefficient (Wildman–Crippen LogP) is 5.20. The van der Waals surface area contributed by atoms with Crippen LogP contribution in [0.1, 0.15) is 0 Å². The fourth-order valence-corrected chi connectivity index (χ4v) is 25.6. The summed E-state index contributed by atoms with van der Waals surface area (Å²) in [6.07, 6.45) is 0. The molecule has 51 heavy (non-hydrogen) atoms. The molecular weight excluding hydrogens is 689 g/mol. The first kappa shape index (κ1) is 34.7. The lowest BCUT2D eigenvalue weighted by molar-refractivity contribution is 0.364. The van der Waals surface area contributed by atoms with E-state index < -0.39 is 34.5 Å². The predicted molar refractivity (Wildman–Crippen MR) is 222 cm³/mol. The van der Waals surface area contributed by atoms with Gasteiger partial charge in [0.15, 0.2) is 9.04 Å². The van der Waals surface area contributed by atoms with E-state index in [1.165, 1.54) is 0 Å². The third-order valence-electron chi connectivity index (χ3n) is 9.14. The van der Waals surface area contributed by atoms with Gasteiger partial charge in [-0.05, 0) is 49.4 Å². The molecule has 3 nitrogen and oxygen atoms in total. The van der Waals surface area contributed by atoms with Gasteiger partial charge in [-0.2, -0.15) is 0 Å². The van der Waals surface area contributed by atoms with Crippen molar-refractivity contribution in [1.29, 1.82) is 0 Å². The molecule has 0 radical (unpaired) electrons. The minimum absolute atomic E-state index is 1.04. The average Bonchev–Trinajstić information content (AvgIpc) is 3.21. The molecule has 0 aromatic heterocycles. The van der Waals surface area contributed by atoms with Gasteiger partial charge in [-0.1, -0.05) is 212 Å². The van der Waals surface area contributed by atoms with E-state index in [9.17, 15) is 0 Å². The van der Waals surface area contributed by atoms with Crippen molar-refractivity contribution in [2.75, 3.05) is 0 Å². The zero-order valence-corrected chi connectivity index (χ0v) is 33.2. The maximum atomic E-state index is 8.46. The minimum atomic E-state index is -3.78. The number of hydrogen-bond donors (Lipinski definition) is 0. The second-order valence-electron chi connectivity index (χ2n) is 12.8. The highest BCUT2D eigenvalue weighted by atomic mass is 28.5. The number of benzene rings is 7. The van der Waals surface area contributed by atoms with Crippen LogP contribution in [0.15, 0.2) is 212 Å². The highest BCUT2D eigenvalue weighted by Gasteiger charge is 2.59. The van der Waals surface area contributed by atoms with Gasteiger partial charge in [0.2, 0.25) is 0 Å². The highest BCUT2D eigenvalue weighted by Crippen LogP contribution is 2.25. The molecule has 0 spiro atoms. The summed E-state index contributed by atoms with van der Waals surface area (Å²) in [6, 6.07) is 75.0. The molecule has 0 aliphatic heterocycles. The van der Waals surface area contributed by atoms with Crippen LogP contribution < -0.4 is 36.3 Å². The van der Waals surface area contributed by atoms with Gasteiger partial charge < -0.3 is 12.3 Å². The van der Waals surface area contributed by atoms with Gasteiger partial charge in [0.25, 0.3) is 8.32 Å². The summed E-state index contributed by atoms with van der Waals surface area (Å²) in [4.78, 5) is 0. The van der Waals surface area contributed by atoms with Crippen molar-refractivity contribution in [2.24, 2.45) is 0 Å². The third kappa shape index (κ3) is 6.98. The van der Waals surface area contributed by atoms with Crippen LogP contribution in [0.2, 0.25) is 13.1 Å². The summed E-state index contributed by atoms with van der Waals surface area (Å²) in [7, 11) is -12.4. The average molecular weight is 731 g/mol. The van der Waals surface area contributed by atoms with Crippen LogP contribution >= 0.6 is 0 Å². The fourth-order valence-electron chi connectivity index (χ4n) is 6.94. The summed E-state index contributed by atoms with van der Waals surface area (Å²) in [6.45, 7) is 4.48. The standard InChI is InChI=1S/C44H42O3Si4/c1-48(2)45-50(41-30-16-6-17-31-41,42-32-18-7-19-33-42)47-51(43-34-20-8-21-35-43,44-36-22-9-23-37-44)46-49(38-24-10-3-11-25-38,39-26-12-4-13-27-39)40-28-14-5-15-29-40/h3-37,48H,1-2H3. The first-order valence-corrected chi connectivity index (χ1v) is 25.9. The van der Waals surface area contributed by atoms with Crippen molar-refractivity contribution < 1.29 is 12.3 Å². The quantitative estimate of drug-likeness (QED) is 0.121. The molecule has 0 heterocycles. The Kier molecular flexibility index (Phi) is 10.7. The van der Waals surface area contributed by atoms with E-state index in [0.717, 1.165) is 36.3 Å². The third-order valence-corrected chi connectivity index (χ3v) is 24.8. The van der Waals surface area contributed by atoms with Crippen molar-refractivity contribution in [2.45, 2.75) is 13.1 Å². The van der Waals surface area contributed by atoms with Crippen LogP contribution in [0.4, 0.5) is 0 Å². The summed E-state index contributed by atoms with van der Waals surface area (Å²) in [5, 5.41) is 7.66. The zero-order chi connectivity index (χ0) is 35.0. The molecule has 0 aliphatic rings. The summed E-state index contributed by atoms with van der Waals surface area (Å²) < 4.78 is 24.2. The van der Waals surface area contributed by atoms with Crippen molar-refractivity contribution in [3.05, 3.63) is 212 Å². The van der Waals surface area contributed by atoms with Crippen LogP contribution in [0.3, 0.4) is 0 Å². The van der Waals surface area contributed by atoms with Crippen LogP contribution in [-0.4, -0.2) is 34.5 Å². The molecule has 7 aromatic carbocycles. The summed E-state index contributed by atoms with van der Waals surface area (Å²) in [5.74, 6) is 0. The molecular formula is C44H42O3Si4. The first-order valence-electron chi connectivity index (χ1n) is 17.5. The molecule has 0 unspecified atom stereocenters. The molecule has 7 aromatic rings. The van der Waals surface area contributed by atoms with Crippen molar-refractivity contribution in [1.82, 2.24) is 0 Å². The van der Waals surface area contributed by atoms with Gasteiger partial charge in [-0.3, -0.25) is 0 Å². The monoisotopic (exact) mass is 730 g/mol. The van der Waals surface area contributed by atoms with Gasteiger partial charge in [0.1, 0.15) is 0 Å². The van der Waals surface area contributed by atoms with Gasteiger partial charge in [0.05, 0.1) is 0 Å². The van der Waals surface area contributed by atoms with E-state index in [1.807, 2.05) is 0 Å². The first-order chi connectivity index (χ1) is 25.1. The van der Waals surface area contributed by atoms with E-state index in [-0.39, 0.29) is 0 Å². The van der Waals surface area contributed by atoms with Gasteiger partial charge in [-0.15, -0.1) is 0 Å². The second kappa shape index (κ2) is 15.7. The molecule has 7 rings (SSSR count). The lowest BCUT2D eigenvalue weighted by atomic mass is 10.3. The molecule has 0 fully saturated rings. The van der Waals surface area contributed by atoms with Gasteiger partial charge in [0, 0.05) is 0 Å². The van der Waals surface area contributed by atoms with E-state index in [2.05, 4.69) is 225 Å². The molecule has 0 saturated heterocycles. The van der Waals surface area contributed by atoms with E-state index in [1.54, 1.807) is 0 Å². The Morgan fingerprint density at radius 1 is 0.294 bits per heavy atom. The van der Waals surface area contributed by atoms with Gasteiger partial charge >= 0.3 is 17.1 Å². The van der Waals surface area contributed by atoms with E-state index in [4.69, 9.17) is 12.3 Å². The Morgan fingerprint density at radius 2 is 0.529 bits per heavy atom. The highest BCUT2D eigenvalue weighted by molar-refractivity contribution is 7.15. The Labute approximate surface area is 307 Å². The summed E-state index contributed by atoms with van der Waals surface area (Å²) >= 11 is 0. The second-order valence-corrected chi connectivity index (χ2v) is 25.4. The van der Waals surface area contributed by atoms with Gasteiger partial charge in [-0.25, -0.2) is 0 Å². The molecule has 0 N–H and O–H groups in total. The SMILES string of the molecule is C[SiH](C)O[Si](O[Si](O[Si](c1ccccc1)(c1ccccc1)c1ccccc1)(c1ccccc1)c1ccccc1)(c1ccccc1)c1ccccc1. The molecule has 0 atom stereocenters. The maximum Gasteiger partial charge on any atom is 0.389 e. The maximum absolute atomic E-state index is 8.46. The Hall–Kier alpha value is -4.71. The Bertz CT molecular complexity index is 1910. The largest absolute Gasteiger partial charge is 0.433 e. The smallest absolute Gasteiger partial charge is 0.389 e. The Balaban J connectivity index is 1.63. The topological polar surface area (TPSA) is 27.7 Å².